The van der Waals surface area contributed by atoms with Crippen LogP contribution < -0.4 is 5.73 Å². The highest BCUT2D eigenvalue weighted by atomic mass is 16.3. The maximum Gasteiger partial charge on any atom is 0.0994 e. The van der Waals surface area contributed by atoms with Crippen LogP contribution in [0.25, 0.3) is 0 Å². The number of hydrogen-bond donors (Lipinski definition) is 2. The van der Waals surface area contributed by atoms with Gasteiger partial charge in [-0.25, -0.2) is 0 Å². The molecule has 0 saturated heterocycles. The van der Waals surface area contributed by atoms with E-state index in [2.05, 4.69) is 6.07 Å². The molecule has 2 rings (SSSR count). The third-order valence-corrected chi connectivity index (χ3v) is 4.35. The Hall–Kier alpha value is -1.37. The molecule has 0 bridgehead atoms. The Bertz CT molecular complexity index is 444. The summed E-state index contributed by atoms with van der Waals surface area (Å²) in [5, 5.41) is 19.0. The largest absolute Gasteiger partial charge is 0.396 e. The summed E-state index contributed by atoms with van der Waals surface area (Å²) >= 11 is 0. The molecule has 3 nitrogen and oxygen atoms in total. The fraction of sp³-hybridized carbons (Fsp3) is 0.533. The maximum atomic E-state index is 9.80. The van der Waals surface area contributed by atoms with Gasteiger partial charge in [-0.2, -0.15) is 5.26 Å². The summed E-state index contributed by atoms with van der Waals surface area (Å²) in [4.78, 5) is 0. The third kappa shape index (κ3) is 2.14. The SMILES string of the molecule is N#Cc1ccccc1[C@H](CN)C1(CO)CCCC1. The molecular weight excluding hydrogens is 224 g/mol. The van der Waals surface area contributed by atoms with E-state index in [4.69, 9.17) is 5.73 Å². The topological polar surface area (TPSA) is 70.0 Å². The van der Waals surface area contributed by atoms with Crippen LogP contribution in [0.4, 0.5) is 0 Å². The Balaban J connectivity index is 2.42. The van der Waals surface area contributed by atoms with Gasteiger partial charge in [0.25, 0.3) is 0 Å². The van der Waals surface area contributed by atoms with Gasteiger partial charge >= 0.3 is 0 Å². The van der Waals surface area contributed by atoms with Gasteiger partial charge in [0.05, 0.1) is 11.6 Å². The van der Waals surface area contributed by atoms with Crippen molar-refractivity contribution in [2.75, 3.05) is 13.2 Å². The molecule has 0 spiro atoms. The molecule has 0 heterocycles. The minimum Gasteiger partial charge on any atom is -0.396 e. The minimum atomic E-state index is -0.123. The van der Waals surface area contributed by atoms with E-state index in [0.717, 1.165) is 31.2 Å². The minimum absolute atomic E-state index is 0.0841. The smallest absolute Gasteiger partial charge is 0.0994 e. The Morgan fingerprint density at radius 1 is 1.33 bits per heavy atom. The van der Waals surface area contributed by atoms with Gasteiger partial charge in [0, 0.05) is 17.9 Å². The van der Waals surface area contributed by atoms with Crippen LogP contribution in [0.2, 0.25) is 0 Å². The van der Waals surface area contributed by atoms with Crippen molar-refractivity contribution in [2.45, 2.75) is 31.6 Å². The Kier molecular flexibility index (Phi) is 4.00. The number of nitrogens with zero attached hydrogens (tertiary/aromatic N) is 1. The molecule has 3 heteroatoms. The lowest BCUT2D eigenvalue weighted by molar-refractivity contribution is 0.102. The summed E-state index contributed by atoms with van der Waals surface area (Å²) in [6.07, 6.45) is 4.30. The summed E-state index contributed by atoms with van der Waals surface area (Å²) < 4.78 is 0. The first-order chi connectivity index (χ1) is 8.77. The third-order valence-electron chi connectivity index (χ3n) is 4.35. The number of nitriles is 1. The van der Waals surface area contributed by atoms with Gasteiger partial charge in [0.15, 0.2) is 0 Å². The Morgan fingerprint density at radius 3 is 2.56 bits per heavy atom. The monoisotopic (exact) mass is 244 g/mol. The summed E-state index contributed by atoms with van der Waals surface area (Å²) in [7, 11) is 0. The van der Waals surface area contributed by atoms with Gasteiger partial charge in [-0.05, 0) is 31.0 Å². The van der Waals surface area contributed by atoms with Crippen molar-refractivity contribution in [3.8, 4) is 6.07 Å². The Labute approximate surface area is 108 Å². The normalized spacial score (nSPS) is 19.4. The van der Waals surface area contributed by atoms with Crippen molar-refractivity contribution in [2.24, 2.45) is 11.1 Å². The first-order valence-electron chi connectivity index (χ1n) is 6.57. The zero-order valence-corrected chi connectivity index (χ0v) is 10.6. The highest BCUT2D eigenvalue weighted by Gasteiger charge is 2.41. The van der Waals surface area contributed by atoms with Crippen LogP contribution in [0.3, 0.4) is 0 Å². The fourth-order valence-corrected chi connectivity index (χ4v) is 3.31. The molecule has 0 radical (unpaired) electrons. The zero-order valence-electron chi connectivity index (χ0n) is 10.6. The highest BCUT2D eigenvalue weighted by Crippen LogP contribution is 2.48. The summed E-state index contributed by atoms with van der Waals surface area (Å²) in [5.41, 5.74) is 7.51. The van der Waals surface area contributed by atoms with Crippen LogP contribution in [0.1, 0.15) is 42.7 Å². The molecule has 0 unspecified atom stereocenters. The fourth-order valence-electron chi connectivity index (χ4n) is 3.31. The van der Waals surface area contributed by atoms with E-state index in [-0.39, 0.29) is 17.9 Å². The number of rotatable bonds is 4. The molecule has 0 amide bonds. The lowest BCUT2D eigenvalue weighted by atomic mass is 9.70. The van der Waals surface area contributed by atoms with Crippen LogP contribution >= 0.6 is 0 Å². The van der Waals surface area contributed by atoms with E-state index >= 15 is 0 Å². The predicted octanol–water partition coefficient (Wildman–Crippen LogP) is 2.15. The van der Waals surface area contributed by atoms with Crippen LogP contribution in [0.5, 0.6) is 0 Å². The van der Waals surface area contributed by atoms with E-state index < -0.39 is 0 Å². The second-order valence-corrected chi connectivity index (χ2v) is 5.21. The average Bonchev–Trinajstić information content (AvgIpc) is 2.90. The molecule has 18 heavy (non-hydrogen) atoms. The van der Waals surface area contributed by atoms with Crippen LogP contribution in [-0.4, -0.2) is 18.3 Å². The van der Waals surface area contributed by atoms with Gasteiger partial charge in [0.2, 0.25) is 0 Å². The molecular formula is C15H20N2O. The van der Waals surface area contributed by atoms with Crippen molar-refractivity contribution in [1.82, 2.24) is 0 Å². The van der Waals surface area contributed by atoms with Crippen LogP contribution in [-0.2, 0) is 0 Å². The summed E-state index contributed by atoms with van der Waals surface area (Å²) in [5.74, 6) is 0.0841. The van der Waals surface area contributed by atoms with Crippen LogP contribution in [0, 0.1) is 16.7 Å². The molecule has 1 saturated carbocycles. The maximum absolute atomic E-state index is 9.80. The highest BCUT2D eigenvalue weighted by molar-refractivity contribution is 5.41. The lowest BCUT2D eigenvalue weighted by Gasteiger charge is -2.36. The van der Waals surface area contributed by atoms with Gasteiger partial charge in [0.1, 0.15) is 0 Å². The molecule has 96 valence electrons. The second kappa shape index (κ2) is 5.51. The molecule has 1 aliphatic rings. The summed E-state index contributed by atoms with van der Waals surface area (Å²) in [6.45, 7) is 0.647. The summed E-state index contributed by atoms with van der Waals surface area (Å²) in [6, 6.07) is 9.86. The molecule has 3 N–H and O–H groups in total. The Morgan fingerprint density at radius 2 is 2.00 bits per heavy atom. The second-order valence-electron chi connectivity index (χ2n) is 5.21. The zero-order chi connectivity index (χ0) is 13.0. The molecule has 0 aromatic heterocycles. The van der Waals surface area contributed by atoms with Crippen molar-refractivity contribution < 1.29 is 5.11 Å². The van der Waals surface area contributed by atoms with E-state index in [1.54, 1.807) is 0 Å². The van der Waals surface area contributed by atoms with Crippen molar-refractivity contribution >= 4 is 0 Å². The predicted molar refractivity (Wildman–Crippen MR) is 70.9 cm³/mol. The first-order valence-corrected chi connectivity index (χ1v) is 6.57. The van der Waals surface area contributed by atoms with E-state index in [1.165, 1.54) is 0 Å². The molecule has 0 aliphatic heterocycles. The van der Waals surface area contributed by atoms with Crippen molar-refractivity contribution in [3.05, 3.63) is 35.4 Å². The molecule has 1 aliphatic carbocycles. The number of hydrogen-bond acceptors (Lipinski definition) is 3. The van der Waals surface area contributed by atoms with E-state index in [0.29, 0.717) is 12.1 Å². The average molecular weight is 244 g/mol. The molecule has 1 aromatic carbocycles. The van der Waals surface area contributed by atoms with Crippen molar-refractivity contribution in [1.29, 1.82) is 5.26 Å². The molecule has 1 aromatic rings. The van der Waals surface area contributed by atoms with Crippen LogP contribution in [0.15, 0.2) is 24.3 Å². The number of nitrogens with two attached hydrogens (primary N) is 1. The van der Waals surface area contributed by atoms with Crippen molar-refractivity contribution in [3.63, 3.8) is 0 Å². The van der Waals surface area contributed by atoms with Gasteiger partial charge in [-0.3, -0.25) is 0 Å². The van der Waals surface area contributed by atoms with E-state index in [9.17, 15) is 10.4 Å². The first kappa shape index (κ1) is 13.1. The number of benzene rings is 1. The molecule has 1 fully saturated rings. The number of aliphatic hydroxyl groups is 1. The van der Waals surface area contributed by atoms with Gasteiger partial charge in [-0.1, -0.05) is 31.0 Å². The standard InChI is InChI=1S/C15H20N2O/c16-9-12-5-1-2-6-13(12)14(10-17)15(11-18)7-3-4-8-15/h1-2,5-6,14,18H,3-4,7-8,10-11,17H2/t14-/m0/s1. The van der Waals surface area contributed by atoms with Gasteiger partial charge in [-0.15, -0.1) is 0 Å². The van der Waals surface area contributed by atoms with Gasteiger partial charge < -0.3 is 10.8 Å². The quantitative estimate of drug-likeness (QED) is 0.852. The lowest BCUT2D eigenvalue weighted by Crippen LogP contribution is -2.35. The molecule has 1 atom stereocenters. The number of aliphatic hydroxyl groups excluding tert-OH is 1. The van der Waals surface area contributed by atoms with E-state index in [1.807, 2.05) is 24.3 Å².